The highest BCUT2D eigenvalue weighted by atomic mass is 35.5. The second kappa shape index (κ2) is 14.3. The van der Waals surface area contributed by atoms with Gasteiger partial charge in [0.2, 0.25) is 0 Å². The molecule has 4 rings (SSSR count). The van der Waals surface area contributed by atoms with Crippen LogP contribution in [0.1, 0.15) is 66.8 Å². The van der Waals surface area contributed by atoms with E-state index >= 15 is 0 Å². The molecule has 0 bridgehead atoms. The van der Waals surface area contributed by atoms with Gasteiger partial charge in [0, 0.05) is 0 Å². The number of rotatable bonds is 8. The van der Waals surface area contributed by atoms with E-state index in [0.717, 1.165) is 10.4 Å². The maximum Gasteiger partial charge on any atom is 0.410 e. The summed E-state index contributed by atoms with van der Waals surface area (Å²) in [6.45, 7) is 17.7. The number of nitrogens with zero attached hydrogens (tertiary/aromatic N) is 2. The quantitative estimate of drug-likeness (QED) is 0.266. The number of halogens is 2. The molecule has 1 saturated heterocycles. The maximum atomic E-state index is 13.7. The third-order valence-corrected chi connectivity index (χ3v) is 13.9. The van der Waals surface area contributed by atoms with E-state index in [4.69, 9.17) is 37.1 Å². The van der Waals surface area contributed by atoms with E-state index < -0.39 is 43.6 Å². The van der Waals surface area contributed by atoms with Crippen molar-refractivity contribution in [1.82, 2.24) is 15.2 Å². The molecule has 1 aliphatic heterocycles. The molecule has 254 valence electrons. The molecule has 2 atom stereocenters. The molecule has 1 N–H and O–H groups in total. The van der Waals surface area contributed by atoms with Crippen molar-refractivity contribution in [3.63, 3.8) is 0 Å². The molecule has 8 nitrogen and oxygen atoms in total. The van der Waals surface area contributed by atoms with Crippen molar-refractivity contribution in [3.05, 3.63) is 88.2 Å². The molecule has 0 radical (unpaired) electrons. The van der Waals surface area contributed by atoms with Crippen LogP contribution in [0.15, 0.2) is 66.7 Å². The molecule has 1 fully saturated rings. The van der Waals surface area contributed by atoms with Crippen LogP contribution in [-0.4, -0.2) is 67.7 Å². The largest absolute Gasteiger partial charge is 0.444 e. The standard InChI is InChI=1S/C36H47Cl2N3O5Si/c1-24-28(37)20-29(38)31(39-24)36(8,9)40-32(42)30-21-41(33(43)46-34(2,3)4)25(22-44-30)23-45-47(35(5,6)7,26-16-12-10-13-17-26)27-18-14-11-15-19-27/h10-20,25,30H,21-23H2,1-9H3,(H,40,42)/t25-,30-/m0/s1. The van der Waals surface area contributed by atoms with Crippen molar-refractivity contribution < 1.29 is 23.5 Å². The molecule has 1 aromatic heterocycles. The van der Waals surface area contributed by atoms with Crippen LogP contribution in [0.2, 0.25) is 15.1 Å². The summed E-state index contributed by atoms with van der Waals surface area (Å²) in [5.41, 5.74) is -0.617. The second-order valence-electron chi connectivity index (χ2n) is 14.6. The van der Waals surface area contributed by atoms with E-state index in [2.05, 4.69) is 55.3 Å². The van der Waals surface area contributed by atoms with Gasteiger partial charge in [0.1, 0.15) is 5.60 Å². The summed E-state index contributed by atoms with van der Waals surface area (Å²) >= 11 is 12.7. The number of carbonyl (C=O) groups is 2. The highest BCUT2D eigenvalue weighted by Crippen LogP contribution is 2.37. The molecule has 2 amide bonds. The fourth-order valence-corrected chi connectivity index (χ4v) is 11.2. The minimum atomic E-state index is -2.91. The molecule has 0 aliphatic carbocycles. The van der Waals surface area contributed by atoms with Crippen LogP contribution >= 0.6 is 23.2 Å². The number of benzene rings is 2. The number of hydrogen-bond acceptors (Lipinski definition) is 6. The molecule has 0 saturated carbocycles. The topological polar surface area (TPSA) is 90.0 Å². The van der Waals surface area contributed by atoms with E-state index in [0.29, 0.717) is 21.4 Å². The molecule has 0 unspecified atom stereocenters. The number of aryl methyl sites for hydroxylation is 1. The van der Waals surface area contributed by atoms with Crippen molar-refractivity contribution >= 4 is 53.9 Å². The summed E-state index contributed by atoms with van der Waals surface area (Å²) in [5, 5.41) is 5.79. The third kappa shape index (κ3) is 8.38. The SMILES string of the molecule is Cc1nc(C(C)(C)NC(=O)[C@@H]2CN(C(=O)OC(C)(C)C)[C@H](CO[Si](c3ccccc3)(c3ccccc3)C(C)(C)C)CO2)c(Cl)cc1Cl. The van der Waals surface area contributed by atoms with Gasteiger partial charge in [0.05, 0.1) is 52.8 Å². The summed E-state index contributed by atoms with van der Waals surface area (Å²) in [6, 6.07) is 21.7. The zero-order chi connectivity index (χ0) is 34.8. The minimum Gasteiger partial charge on any atom is -0.444 e. The predicted molar refractivity (Wildman–Crippen MR) is 190 cm³/mol. The molecule has 0 spiro atoms. The van der Waals surface area contributed by atoms with E-state index in [9.17, 15) is 9.59 Å². The predicted octanol–water partition coefficient (Wildman–Crippen LogP) is 6.63. The number of pyridine rings is 1. The fraction of sp³-hybridized carbons (Fsp3) is 0.472. The Balaban J connectivity index is 1.63. The summed E-state index contributed by atoms with van der Waals surface area (Å²) < 4.78 is 19.2. The van der Waals surface area contributed by atoms with Gasteiger partial charge < -0.3 is 19.2 Å². The first-order valence-electron chi connectivity index (χ1n) is 15.9. The highest BCUT2D eigenvalue weighted by molar-refractivity contribution is 6.99. The van der Waals surface area contributed by atoms with E-state index in [1.807, 2.05) is 57.2 Å². The van der Waals surface area contributed by atoms with Gasteiger partial charge in [-0.2, -0.15) is 0 Å². The van der Waals surface area contributed by atoms with Gasteiger partial charge >= 0.3 is 6.09 Å². The monoisotopic (exact) mass is 699 g/mol. The van der Waals surface area contributed by atoms with Crippen LogP contribution in [0.3, 0.4) is 0 Å². The lowest BCUT2D eigenvalue weighted by Crippen LogP contribution is -2.68. The molecule has 1 aliphatic rings. The van der Waals surface area contributed by atoms with Crippen LogP contribution in [0.4, 0.5) is 4.79 Å². The van der Waals surface area contributed by atoms with Crippen LogP contribution in [0.5, 0.6) is 0 Å². The van der Waals surface area contributed by atoms with Gasteiger partial charge in [-0.05, 0) is 63.0 Å². The zero-order valence-electron chi connectivity index (χ0n) is 28.8. The lowest BCUT2D eigenvalue weighted by Gasteiger charge is -2.46. The van der Waals surface area contributed by atoms with Crippen molar-refractivity contribution in [1.29, 1.82) is 0 Å². The van der Waals surface area contributed by atoms with E-state index in [1.54, 1.807) is 31.7 Å². The van der Waals surface area contributed by atoms with Crippen molar-refractivity contribution in [2.24, 2.45) is 0 Å². The first-order valence-corrected chi connectivity index (χ1v) is 18.5. The van der Waals surface area contributed by atoms with Crippen molar-refractivity contribution in [3.8, 4) is 0 Å². The summed E-state index contributed by atoms with van der Waals surface area (Å²) in [6.07, 6.45) is -1.50. The number of amides is 2. The average molecular weight is 701 g/mol. The minimum absolute atomic E-state index is 0.0214. The summed E-state index contributed by atoms with van der Waals surface area (Å²) in [7, 11) is -2.91. The Morgan fingerprint density at radius 1 is 0.936 bits per heavy atom. The normalized spacial score (nSPS) is 17.7. The van der Waals surface area contributed by atoms with Crippen LogP contribution < -0.4 is 15.7 Å². The van der Waals surface area contributed by atoms with Gasteiger partial charge in [-0.15, -0.1) is 0 Å². The first-order chi connectivity index (χ1) is 21.9. The van der Waals surface area contributed by atoms with Gasteiger partial charge in [-0.3, -0.25) is 14.7 Å². The summed E-state index contributed by atoms with van der Waals surface area (Å²) in [5.74, 6) is -0.402. The number of morpholine rings is 1. The fourth-order valence-electron chi connectivity index (χ4n) is 5.97. The molecule has 3 aromatic rings. The Morgan fingerprint density at radius 2 is 1.49 bits per heavy atom. The number of nitrogens with one attached hydrogen (secondary N) is 1. The van der Waals surface area contributed by atoms with Gasteiger partial charge in [0.15, 0.2) is 6.10 Å². The zero-order valence-corrected chi connectivity index (χ0v) is 31.3. The Labute approximate surface area is 290 Å². The first kappa shape index (κ1) is 36.9. The maximum absolute atomic E-state index is 13.7. The second-order valence-corrected chi connectivity index (χ2v) is 19.7. The van der Waals surface area contributed by atoms with Crippen LogP contribution in [0, 0.1) is 6.92 Å². The Kier molecular flexibility index (Phi) is 11.2. The highest BCUT2D eigenvalue weighted by Gasteiger charge is 2.51. The molecule has 47 heavy (non-hydrogen) atoms. The molecule has 11 heteroatoms. The van der Waals surface area contributed by atoms with Gasteiger partial charge in [0.25, 0.3) is 14.2 Å². The molecule has 2 aromatic carbocycles. The van der Waals surface area contributed by atoms with Gasteiger partial charge in [-0.25, -0.2) is 4.79 Å². The lowest BCUT2D eigenvalue weighted by molar-refractivity contribution is -0.144. The smallest absolute Gasteiger partial charge is 0.410 e. The number of carbonyl (C=O) groups excluding carboxylic acids is 2. The van der Waals surface area contributed by atoms with E-state index in [-0.39, 0.29) is 24.8 Å². The number of hydrogen-bond donors (Lipinski definition) is 1. The summed E-state index contributed by atoms with van der Waals surface area (Å²) in [4.78, 5) is 33.5. The van der Waals surface area contributed by atoms with Crippen LogP contribution in [-0.2, 0) is 24.2 Å². The van der Waals surface area contributed by atoms with Crippen molar-refractivity contribution in [2.45, 2.75) is 90.6 Å². The number of aromatic nitrogens is 1. The van der Waals surface area contributed by atoms with Gasteiger partial charge in [-0.1, -0.05) is 105 Å². The van der Waals surface area contributed by atoms with Crippen molar-refractivity contribution in [2.75, 3.05) is 19.8 Å². The molecule has 2 heterocycles. The molecular formula is C36H47Cl2N3O5Si. The average Bonchev–Trinajstić information content (AvgIpc) is 2.98. The lowest BCUT2D eigenvalue weighted by atomic mass is 9.98. The Bertz CT molecular complexity index is 1520. The Hall–Kier alpha value is -2.95. The third-order valence-electron chi connectivity index (χ3n) is 8.26. The molecular weight excluding hydrogens is 653 g/mol. The Morgan fingerprint density at radius 3 is 2.00 bits per heavy atom. The van der Waals surface area contributed by atoms with E-state index in [1.165, 1.54) is 0 Å². The number of ether oxygens (including phenoxy) is 2. The van der Waals surface area contributed by atoms with Crippen LogP contribution in [0.25, 0.3) is 0 Å².